The van der Waals surface area contributed by atoms with Crippen molar-refractivity contribution in [3.05, 3.63) is 104 Å². The molecule has 3 aromatic rings. The van der Waals surface area contributed by atoms with E-state index < -0.39 is 39.3 Å². The summed E-state index contributed by atoms with van der Waals surface area (Å²) in [5.74, 6) is -1.13. The summed E-state index contributed by atoms with van der Waals surface area (Å²) in [5, 5.41) is 14.9. The lowest BCUT2D eigenvalue weighted by molar-refractivity contribution is -0.384. The van der Waals surface area contributed by atoms with Crippen LogP contribution < -0.4 is 9.62 Å². The molecule has 42 heavy (non-hydrogen) atoms. The third-order valence-electron chi connectivity index (χ3n) is 6.64. The van der Waals surface area contributed by atoms with Crippen LogP contribution in [0.25, 0.3) is 0 Å². The number of amides is 2. The molecule has 0 aliphatic rings. The summed E-state index contributed by atoms with van der Waals surface area (Å²) >= 11 is 12.5. The number of hydrogen-bond acceptors (Lipinski definition) is 6. The van der Waals surface area contributed by atoms with Crippen molar-refractivity contribution < 1.29 is 22.9 Å². The zero-order valence-electron chi connectivity index (χ0n) is 23.4. The number of hydrogen-bond donors (Lipinski definition) is 1. The fourth-order valence-electron chi connectivity index (χ4n) is 4.20. The predicted octanol–water partition coefficient (Wildman–Crippen LogP) is 5.22. The van der Waals surface area contributed by atoms with Gasteiger partial charge in [-0.3, -0.25) is 24.0 Å². The Bertz CT molecular complexity index is 1540. The highest BCUT2D eigenvalue weighted by molar-refractivity contribution is 7.92. The quantitative estimate of drug-likeness (QED) is 0.203. The second-order valence-corrected chi connectivity index (χ2v) is 12.6. The Kier molecular flexibility index (Phi) is 11.3. The molecule has 3 aromatic carbocycles. The molecule has 13 heteroatoms. The van der Waals surface area contributed by atoms with E-state index >= 15 is 0 Å². The topological polar surface area (TPSA) is 130 Å². The maximum Gasteiger partial charge on any atom is 0.271 e. The monoisotopic (exact) mass is 634 g/mol. The molecule has 0 radical (unpaired) electrons. The number of non-ortho nitro benzene ring substituents is 1. The minimum atomic E-state index is -4.08. The largest absolute Gasteiger partial charge is 0.352 e. The Morgan fingerprint density at radius 2 is 1.71 bits per heavy atom. The summed E-state index contributed by atoms with van der Waals surface area (Å²) in [7, 11) is -4.08. The molecule has 224 valence electrons. The lowest BCUT2D eigenvalue weighted by Crippen LogP contribution is -2.54. The van der Waals surface area contributed by atoms with Gasteiger partial charge in [0.2, 0.25) is 21.8 Å². The highest BCUT2D eigenvalue weighted by Gasteiger charge is 2.34. The second-order valence-electron chi connectivity index (χ2n) is 9.83. The third-order valence-corrected chi connectivity index (χ3v) is 8.36. The fourth-order valence-corrected chi connectivity index (χ4v) is 5.51. The normalized spacial score (nSPS) is 12.7. The summed E-state index contributed by atoms with van der Waals surface area (Å²) in [6.45, 7) is 2.91. The van der Waals surface area contributed by atoms with Crippen LogP contribution in [0, 0.1) is 10.1 Å². The van der Waals surface area contributed by atoms with Crippen molar-refractivity contribution in [3.63, 3.8) is 0 Å². The van der Waals surface area contributed by atoms with Gasteiger partial charge in [0.1, 0.15) is 12.6 Å². The molecule has 10 nitrogen and oxygen atoms in total. The summed E-state index contributed by atoms with van der Waals surface area (Å²) in [5.41, 5.74) is 0.868. The van der Waals surface area contributed by atoms with E-state index in [-0.39, 0.29) is 35.4 Å². The zero-order chi connectivity index (χ0) is 31.0. The number of sulfonamides is 1. The maximum atomic E-state index is 14.1. The van der Waals surface area contributed by atoms with Gasteiger partial charge in [-0.15, -0.1) is 0 Å². The highest BCUT2D eigenvalue weighted by Crippen LogP contribution is 2.26. The van der Waals surface area contributed by atoms with Gasteiger partial charge < -0.3 is 10.2 Å². The molecular weight excluding hydrogens is 603 g/mol. The molecule has 0 aromatic heterocycles. The number of benzene rings is 3. The molecule has 3 rings (SSSR count). The van der Waals surface area contributed by atoms with Crippen molar-refractivity contribution in [2.24, 2.45) is 0 Å². The number of halogens is 2. The van der Waals surface area contributed by atoms with Crippen LogP contribution in [0.5, 0.6) is 0 Å². The molecule has 0 aliphatic heterocycles. The molecule has 1 N–H and O–H groups in total. The third kappa shape index (κ3) is 8.91. The number of nitro groups is 1. The van der Waals surface area contributed by atoms with Crippen molar-refractivity contribution in [1.29, 1.82) is 0 Å². The van der Waals surface area contributed by atoms with E-state index in [9.17, 15) is 28.1 Å². The molecule has 2 atom stereocenters. The van der Waals surface area contributed by atoms with Gasteiger partial charge >= 0.3 is 0 Å². The second kappa shape index (κ2) is 14.5. The minimum absolute atomic E-state index is 0.0619. The van der Waals surface area contributed by atoms with Crippen molar-refractivity contribution in [1.82, 2.24) is 10.2 Å². The summed E-state index contributed by atoms with van der Waals surface area (Å²) in [4.78, 5) is 39.8. The minimum Gasteiger partial charge on any atom is -0.352 e. The standard InChI is InChI=1S/C29H32Cl2N4O6S/c1-4-20(2)32-29(37)27(15-21-9-6-5-7-10-21)33(18-22-13-14-23(30)16-26(22)31)28(36)19-34(42(3,40)41)24-11-8-12-25(17-24)35(38)39/h5-14,16-17,20,27H,4,15,18-19H2,1-3H3,(H,32,37)/t20-,27-/m0/s1. The lowest BCUT2D eigenvalue weighted by Gasteiger charge is -2.34. The number of nitrogens with zero attached hydrogens (tertiary/aromatic N) is 3. The SMILES string of the molecule is CC[C@H](C)NC(=O)[C@H](Cc1ccccc1)N(Cc1ccc(Cl)cc1Cl)C(=O)CN(c1cccc([N+](=O)[O-])c1)S(C)(=O)=O. The molecule has 0 saturated heterocycles. The Morgan fingerprint density at radius 1 is 1.02 bits per heavy atom. The van der Waals surface area contributed by atoms with Crippen molar-refractivity contribution in [3.8, 4) is 0 Å². The molecule has 0 spiro atoms. The molecule has 0 bridgehead atoms. The van der Waals surface area contributed by atoms with E-state index in [1.807, 2.05) is 44.2 Å². The first kappa shape index (κ1) is 32.8. The van der Waals surface area contributed by atoms with E-state index in [0.29, 0.717) is 17.0 Å². The maximum absolute atomic E-state index is 14.1. The molecule has 0 fully saturated rings. The van der Waals surface area contributed by atoms with Gasteiger partial charge in [0.15, 0.2) is 0 Å². The van der Waals surface area contributed by atoms with Gasteiger partial charge in [0.25, 0.3) is 5.69 Å². The van der Waals surface area contributed by atoms with Crippen LogP contribution in [0.4, 0.5) is 11.4 Å². The summed E-state index contributed by atoms with van der Waals surface area (Å²) < 4.78 is 26.5. The van der Waals surface area contributed by atoms with Crippen LogP contribution >= 0.6 is 23.2 Å². The van der Waals surface area contributed by atoms with Gasteiger partial charge in [-0.2, -0.15) is 0 Å². The number of anilines is 1. The predicted molar refractivity (Wildman–Crippen MR) is 164 cm³/mol. The highest BCUT2D eigenvalue weighted by atomic mass is 35.5. The average Bonchev–Trinajstić information content (AvgIpc) is 2.94. The summed E-state index contributed by atoms with van der Waals surface area (Å²) in [6, 6.07) is 17.6. The Balaban J connectivity index is 2.11. The number of nitro benzene ring substituents is 1. The first-order valence-electron chi connectivity index (χ1n) is 13.1. The van der Waals surface area contributed by atoms with Gasteiger partial charge in [0, 0.05) is 41.2 Å². The van der Waals surface area contributed by atoms with Gasteiger partial charge in [-0.05, 0) is 42.7 Å². The number of rotatable bonds is 13. The van der Waals surface area contributed by atoms with Gasteiger partial charge in [-0.1, -0.05) is 72.6 Å². The van der Waals surface area contributed by atoms with Crippen LogP contribution in [0.2, 0.25) is 10.0 Å². The summed E-state index contributed by atoms with van der Waals surface area (Å²) in [6.07, 6.45) is 1.68. The van der Waals surface area contributed by atoms with E-state index in [1.165, 1.54) is 29.2 Å². The van der Waals surface area contributed by atoms with Crippen LogP contribution in [0.15, 0.2) is 72.8 Å². The van der Waals surface area contributed by atoms with Crippen LogP contribution in [0.1, 0.15) is 31.4 Å². The van der Waals surface area contributed by atoms with Gasteiger partial charge in [0.05, 0.1) is 16.9 Å². The molecule has 0 aliphatic carbocycles. The molecule has 0 saturated carbocycles. The number of carbonyl (C=O) groups is 2. The molecule has 2 amide bonds. The molecule has 0 unspecified atom stereocenters. The molecular formula is C29H32Cl2N4O6S. The van der Waals surface area contributed by atoms with Crippen LogP contribution in [-0.2, 0) is 32.6 Å². The van der Waals surface area contributed by atoms with Crippen LogP contribution in [-0.4, -0.2) is 54.9 Å². The average molecular weight is 636 g/mol. The number of nitrogens with one attached hydrogen (secondary N) is 1. The Morgan fingerprint density at radius 3 is 2.31 bits per heavy atom. The molecule has 0 heterocycles. The van der Waals surface area contributed by atoms with E-state index in [4.69, 9.17) is 23.2 Å². The fraction of sp³-hybridized carbons (Fsp3) is 0.310. The lowest BCUT2D eigenvalue weighted by atomic mass is 10.0. The Labute approximate surface area is 255 Å². The zero-order valence-corrected chi connectivity index (χ0v) is 25.7. The van der Waals surface area contributed by atoms with Crippen molar-refractivity contribution in [2.45, 2.75) is 45.3 Å². The smallest absolute Gasteiger partial charge is 0.271 e. The van der Waals surface area contributed by atoms with E-state index in [1.54, 1.807) is 12.1 Å². The Hall–Kier alpha value is -3.67. The number of carbonyl (C=O) groups excluding carboxylic acids is 2. The van der Waals surface area contributed by atoms with Gasteiger partial charge in [-0.25, -0.2) is 8.42 Å². The first-order valence-corrected chi connectivity index (χ1v) is 15.7. The van der Waals surface area contributed by atoms with E-state index in [2.05, 4.69) is 5.32 Å². The van der Waals surface area contributed by atoms with Crippen LogP contribution in [0.3, 0.4) is 0 Å². The van der Waals surface area contributed by atoms with Crippen molar-refractivity contribution >= 4 is 56.4 Å². The first-order chi connectivity index (χ1) is 19.8. The van der Waals surface area contributed by atoms with E-state index in [0.717, 1.165) is 22.2 Å². The van der Waals surface area contributed by atoms with Crippen molar-refractivity contribution in [2.75, 3.05) is 17.1 Å².